The van der Waals surface area contributed by atoms with Crippen molar-refractivity contribution in [2.24, 2.45) is 5.92 Å². The van der Waals surface area contributed by atoms with E-state index in [0.29, 0.717) is 30.0 Å². The van der Waals surface area contributed by atoms with Crippen molar-refractivity contribution in [1.82, 2.24) is 0 Å². The van der Waals surface area contributed by atoms with E-state index in [4.69, 9.17) is 16.3 Å². The minimum atomic E-state index is -0.465. The maximum Gasteiger partial charge on any atom is 0.269 e. The van der Waals surface area contributed by atoms with E-state index in [2.05, 4.69) is 0 Å². The Morgan fingerprint density at radius 1 is 1.53 bits per heavy atom. The summed E-state index contributed by atoms with van der Waals surface area (Å²) in [5.74, 6) is 0.704. The molecule has 1 atom stereocenters. The van der Waals surface area contributed by atoms with Crippen LogP contribution in [0.3, 0.4) is 0 Å². The minimum absolute atomic E-state index is 0.0102. The van der Waals surface area contributed by atoms with Gasteiger partial charge in [0.05, 0.1) is 12.0 Å². The molecule has 1 unspecified atom stereocenters. The van der Waals surface area contributed by atoms with Gasteiger partial charge in [0.1, 0.15) is 11.5 Å². The van der Waals surface area contributed by atoms with Crippen molar-refractivity contribution >= 4 is 23.1 Å². The largest absolute Gasteiger partial charge is 0.496 e. The summed E-state index contributed by atoms with van der Waals surface area (Å²) in [6.45, 7) is 1.50. The van der Waals surface area contributed by atoms with Crippen LogP contribution >= 0.6 is 11.6 Å². The molecule has 1 aromatic carbocycles. The number of nitro benzene ring substituents is 1. The van der Waals surface area contributed by atoms with E-state index >= 15 is 0 Å². The number of ketones is 1. The molecule has 0 spiro atoms. The van der Waals surface area contributed by atoms with Crippen LogP contribution in [-0.4, -0.2) is 23.7 Å². The summed E-state index contributed by atoms with van der Waals surface area (Å²) in [6, 6.07) is 4.38. The van der Waals surface area contributed by atoms with Gasteiger partial charge in [-0.1, -0.05) is 0 Å². The fourth-order valence-electron chi connectivity index (χ4n) is 1.88. The lowest BCUT2D eigenvalue weighted by Gasteiger charge is -2.14. The first-order chi connectivity index (χ1) is 8.99. The van der Waals surface area contributed by atoms with E-state index < -0.39 is 4.92 Å². The lowest BCUT2D eigenvalue weighted by molar-refractivity contribution is -0.384. The lowest BCUT2D eigenvalue weighted by Crippen LogP contribution is -2.15. The van der Waals surface area contributed by atoms with Crippen molar-refractivity contribution < 1.29 is 14.5 Å². The van der Waals surface area contributed by atoms with Crippen LogP contribution in [0, 0.1) is 16.0 Å². The number of nitrogens with zero attached hydrogens (tertiary/aromatic N) is 1. The summed E-state index contributed by atoms with van der Waals surface area (Å²) in [5.41, 5.74) is 0.644. The molecule has 104 valence electrons. The van der Waals surface area contributed by atoms with Crippen LogP contribution in [0.2, 0.25) is 0 Å². The number of carbonyl (C=O) groups is 1. The predicted octanol–water partition coefficient (Wildman–Crippen LogP) is 2.98. The Kier molecular flexibility index (Phi) is 5.76. The van der Waals surface area contributed by atoms with Gasteiger partial charge >= 0.3 is 0 Å². The first-order valence-corrected chi connectivity index (χ1v) is 6.40. The highest BCUT2D eigenvalue weighted by Gasteiger charge is 2.19. The summed E-state index contributed by atoms with van der Waals surface area (Å²) in [4.78, 5) is 21.8. The molecule has 19 heavy (non-hydrogen) atoms. The van der Waals surface area contributed by atoms with Crippen molar-refractivity contribution in [3.63, 3.8) is 0 Å². The molecule has 0 aliphatic heterocycles. The highest BCUT2D eigenvalue weighted by atomic mass is 35.5. The van der Waals surface area contributed by atoms with Gasteiger partial charge in [0.25, 0.3) is 5.69 Å². The number of hydrogen-bond donors (Lipinski definition) is 0. The lowest BCUT2D eigenvalue weighted by atomic mass is 9.93. The second kappa shape index (κ2) is 7.09. The third kappa shape index (κ3) is 4.21. The summed E-state index contributed by atoms with van der Waals surface area (Å²) in [5, 5.41) is 10.8. The molecule has 0 saturated heterocycles. The number of Topliss-reactive ketones (excluding diaryl/α,β-unsaturated/α-hetero) is 1. The quantitative estimate of drug-likeness (QED) is 0.439. The second-order valence-corrected chi connectivity index (χ2v) is 4.62. The molecular weight excluding hydrogens is 270 g/mol. The Balaban J connectivity index is 3.05. The number of methoxy groups -OCH3 is 1. The Bertz CT molecular complexity index is 476. The molecule has 5 nitrogen and oxygen atoms in total. The van der Waals surface area contributed by atoms with Crippen LogP contribution in [0.25, 0.3) is 0 Å². The average molecular weight is 286 g/mol. The molecule has 0 heterocycles. The number of hydrogen-bond acceptors (Lipinski definition) is 4. The van der Waals surface area contributed by atoms with E-state index in [1.807, 2.05) is 0 Å². The standard InChI is InChI=1S/C13H16ClNO4/c1-9(16)10(5-6-14)7-11-8-12(15(17)18)3-4-13(11)19-2/h3-4,8,10H,5-7H2,1-2H3. The van der Waals surface area contributed by atoms with Crippen LogP contribution in [0.15, 0.2) is 18.2 Å². The number of ether oxygens (including phenoxy) is 1. The summed E-state index contributed by atoms with van der Waals surface area (Å²) in [6.07, 6.45) is 0.940. The second-order valence-electron chi connectivity index (χ2n) is 4.24. The number of rotatable bonds is 7. The summed E-state index contributed by atoms with van der Waals surface area (Å²) >= 11 is 5.67. The molecule has 0 aromatic heterocycles. The maximum atomic E-state index is 11.5. The van der Waals surface area contributed by atoms with Crippen LogP contribution in [-0.2, 0) is 11.2 Å². The van der Waals surface area contributed by atoms with Gasteiger partial charge in [0.2, 0.25) is 0 Å². The molecule has 0 N–H and O–H groups in total. The van der Waals surface area contributed by atoms with Crippen molar-refractivity contribution in [2.75, 3.05) is 13.0 Å². The summed E-state index contributed by atoms with van der Waals surface area (Å²) < 4.78 is 5.17. The predicted molar refractivity (Wildman–Crippen MR) is 72.9 cm³/mol. The smallest absolute Gasteiger partial charge is 0.269 e. The van der Waals surface area contributed by atoms with Crippen LogP contribution in [0.1, 0.15) is 18.9 Å². The van der Waals surface area contributed by atoms with Crippen molar-refractivity contribution in [3.8, 4) is 5.75 Å². The highest BCUT2D eigenvalue weighted by Crippen LogP contribution is 2.27. The Morgan fingerprint density at radius 2 is 2.21 bits per heavy atom. The van der Waals surface area contributed by atoms with Gasteiger partial charge in [-0.2, -0.15) is 0 Å². The van der Waals surface area contributed by atoms with E-state index in [1.165, 1.54) is 26.2 Å². The topological polar surface area (TPSA) is 69.4 Å². The molecular formula is C13H16ClNO4. The number of benzene rings is 1. The van der Waals surface area contributed by atoms with Gasteiger partial charge in [-0.15, -0.1) is 11.6 Å². The number of non-ortho nitro benzene ring substituents is 1. The monoisotopic (exact) mass is 285 g/mol. The average Bonchev–Trinajstić information content (AvgIpc) is 2.37. The molecule has 0 aliphatic rings. The molecule has 0 bridgehead atoms. The Morgan fingerprint density at radius 3 is 2.68 bits per heavy atom. The number of carbonyl (C=O) groups excluding carboxylic acids is 1. The van der Waals surface area contributed by atoms with E-state index in [9.17, 15) is 14.9 Å². The zero-order valence-electron chi connectivity index (χ0n) is 10.9. The van der Waals surface area contributed by atoms with Gasteiger partial charge in [-0.05, 0) is 25.8 Å². The van der Waals surface area contributed by atoms with Gasteiger partial charge in [0.15, 0.2) is 0 Å². The molecule has 1 aromatic rings. The van der Waals surface area contributed by atoms with Crippen molar-refractivity contribution in [2.45, 2.75) is 19.8 Å². The molecule has 0 saturated carbocycles. The van der Waals surface area contributed by atoms with Crippen molar-refractivity contribution in [3.05, 3.63) is 33.9 Å². The molecule has 0 aliphatic carbocycles. The molecule has 0 amide bonds. The third-order valence-corrected chi connectivity index (χ3v) is 3.19. The molecule has 0 fully saturated rings. The zero-order chi connectivity index (χ0) is 14.4. The Hall–Kier alpha value is -1.62. The fourth-order valence-corrected chi connectivity index (χ4v) is 2.15. The minimum Gasteiger partial charge on any atom is -0.496 e. The summed E-state index contributed by atoms with van der Waals surface area (Å²) in [7, 11) is 1.50. The van der Waals surface area contributed by atoms with E-state index in [1.54, 1.807) is 6.07 Å². The number of halogens is 1. The Labute approximate surface area is 116 Å². The van der Waals surface area contributed by atoms with Gasteiger partial charge in [0, 0.05) is 29.5 Å². The molecule has 0 radical (unpaired) electrons. The molecule has 1 rings (SSSR count). The fraction of sp³-hybridized carbons (Fsp3) is 0.462. The maximum absolute atomic E-state index is 11.5. The van der Waals surface area contributed by atoms with Gasteiger partial charge in [-0.3, -0.25) is 14.9 Å². The van der Waals surface area contributed by atoms with E-state index in [0.717, 1.165) is 0 Å². The number of nitro groups is 1. The first kappa shape index (κ1) is 15.4. The first-order valence-electron chi connectivity index (χ1n) is 5.87. The SMILES string of the molecule is COc1ccc([N+](=O)[O-])cc1CC(CCCl)C(C)=O. The van der Waals surface area contributed by atoms with Gasteiger partial charge in [-0.25, -0.2) is 0 Å². The molecule has 6 heteroatoms. The highest BCUT2D eigenvalue weighted by molar-refractivity contribution is 6.18. The van der Waals surface area contributed by atoms with Crippen LogP contribution in [0.4, 0.5) is 5.69 Å². The number of alkyl halides is 1. The van der Waals surface area contributed by atoms with Crippen LogP contribution in [0.5, 0.6) is 5.75 Å². The normalized spacial score (nSPS) is 11.9. The van der Waals surface area contributed by atoms with Crippen LogP contribution < -0.4 is 4.74 Å². The third-order valence-electron chi connectivity index (χ3n) is 2.97. The van der Waals surface area contributed by atoms with E-state index in [-0.39, 0.29) is 17.4 Å². The van der Waals surface area contributed by atoms with Crippen molar-refractivity contribution in [1.29, 1.82) is 0 Å². The zero-order valence-corrected chi connectivity index (χ0v) is 11.6. The van der Waals surface area contributed by atoms with Gasteiger partial charge < -0.3 is 4.74 Å².